The summed E-state index contributed by atoms with van der Waals surface area (Å²) in [6, 6.07) is 6.21. The first-order valence-electron chi connectivity index (χ1n) is 7.65. The topological polar surface area (TPSA) is 65.1 Å². The second-order valence-corrected chi connectivity index (χ2v) is 6.10. The number of aromatic amines is 1. The van der Waals surface area contributed by atoms with E-state index in [-0.39, 0.29) is 17.9 Å². The first kappa shape index (κ1) is 14.1. The van der Waals surface area contributed by atoms with E-state index in [1.54, 1.807) is 0 Å². The van der Waals surface area contributed by atoms with E-state index in [2.05, 4.69) is 35.4 Å². The Labute approximate surface area is 124 Å². The summed E-state index contributed by atoms with van der Waals surface area (Å²) >= 11 is 0. The van der Waals surface area contributed by atoms with Gasteiger partial charge in [-0.2, -0.15) is 0 Å². The average molecular weight is 286 g/mol. The number of rotatable bonds is 4. The number of H-pyrrole nitrogens is 1. The second-order valence-electron chi connectivity index (χ2n) is 6.10. The molecule has 2 aromatic rings. The molecule has 0 bridgehead atoms. The predicted molar refractivity (Wildman–Crippen MR) is 83.1 cm³/mol. The third-order valence-electron chi connectivity index (χ3n) is 4.45. The van der Waals surface area contributed by atoms with Gasteiger partial charge in [0.25, 0.3) is 0 Å². The van der Waals surface area contributed by atoms with Gasteiger partial charge < -0.3 is 15.4 Å². The number of fused-ring (bicyclic) bond motifs is 1. The van der Waals surface area contributed by atoms with Crippen molar-refractivity contribution in [3.8, 4) is 0 Å². The van der Waals surface area contributed by atoms with Gasteiger partial charge in [-0.3, -0.25) is 4.79 Å². The van der Waals surface area contributed by atoms with Gasteiger partial charge in [0, 0.05) is 29.6 Å². The van der Waals surface area contributed by atoms with E-state index in [1.807, 2.05) is 6.20 Å². The van der Waals surface area contributed by atoms with E-state index >= 15 is 0 Å². The van der Waals surface area contributed by atoms with Crippen molar-refractivity contribution in [3.05, 3.63) is 35.5 Å². The molecule has 1 aromatic carbocycles. The van der Waals surface area contributed by atoms with E-state index < -0.39 is 0 Å². The van der Waals surface area contributed by atoms with Gasteiger partial charge in [-0.25, -0.2) is 0 Å². The third-order valence-corrected chi connectivity index (χ3v) is 4.45. The Hall–Kier alpha value is -1.81. The van der Waals surface area contributed by atoms with E-state index in [4.69, 9.17) is 0 Å². The fourth-order valence-corrected chi connectivity index (χ4v) is 3.18. The van der Waals surface area contributed by atoms with Gasteiger partial charge in [0.2, 0.25) is 5.91 Å². The van der Waals surface area contributed by atoms with Crippen LogP contribution in [0.1, 0.15) is 30.4 Å². The maximum Gasteiger partial charge on any atom is 0.224 e. The summed E-state index contributed by atoms with van der Waals surface area (Å²) in [4.78, 5) is 15.3. The van der Waals surface area contributed by atoms with Gasteiger partial charge in [0.1, 0.15) is 0 Å². The SMILES string of the molecule is Cc1ccc2c(CC(=O)NC[C@@H]3CCC[C@@H]3O)c[nH]c2c1. The number of aliphatic hydroxyl groups excluding tert-OH is 1. The van der Waals surface area contributed by atoms with Crippen molar-refractivity contribution in [2.24, 2.45) is 5.92 Å². The zero-order valence-electron chi connectivity index (χ0n) is 12.4. The third kappa shape index (κ3) is 3.10. The molecule has 1 fully saturated rings. The number of carbonyl (C=O) groups is 1. The molecule has 0 radical (unpaired) electrons. The van der Waals surface area contributed by atoms with Crippen molar-refractivity contribution in [1.29, 1.82) is 0 Å². The van der Waals surface area contributed by atoms with Crippen LogP contribution in [0.25, 0.3) is 10.9 Å². The van der Waals surface area contributed by atoms with E-state index in [1.165, 1.54) is 5.56 Å². The van der Waals surface area contributed by atoms with Crippen LogP contribution in [0.15, 0.2) is 24.4 Å². The maximum absolute atomic E-state index is 12.1. The Morgan fingerprint density at radius 2 is 2.29 bits per heavy atom. The van der Waals surface area contributed by atoms with Crippen LogP contribution >= 0.6 is 0 Å². The van der Waals surface area contributed by atoms with Crippen molar-refractivity contribution < 1.29 is 9.90 Å². The standard InChI is InChI=1S/C17H22N2O2/c1-11-5-6-14-13(10-18-15(14)7-11)8-17(21)19-9-12-3-2-4-16(12)20/h5-7,10,12,16,18,20H,2-4,8-9H2,1H3,(H,19,21)/t12-,16-/m0/s1. The highest BCUT2D eigenvalue weighted by Crippen LogP contribution is 2.25. The van der Waals surface area contributed by atoms with Crippen LogP contribution in [0.5, 0.6) is 0 Å². The molecule has 3 rings (SSSR count). The Balaban J connectivity index is 1.61. The molecule has 1 aliphatic carbocycles. The van der Waals surface area contributed by atoms with Crippen LogP contribution in [0.3, 0.4) is 0 Å². The number of aryl methyl sites for hydroxylation is 1. The minimum absolute atomic E-state index is 0.0237. The summed E-state index contributed by atoms with van der Waals surface area (Å²) in [7, 11) is 0. The molecular weight excluding hydrogens is 264 g/mol. The van der Waals surface area contributed by atoms with Crippen LogP contribution in [0, 0.1) is 12.8 Å². The lowest BCUT2D eigenvalue weighted by Gasteiger charge is -2.14. The van der Waals surface area contributed by atoms with Crippen LogP contribution in [0.2, 0.25) is 0 Å². The number of hydrogen-bond acceptors (Lipinski definition) is 2. The zero-order valence-corrected chi connectivity index (χ0v) is 12.4. The average Bonchev–Trinajstić information content (AvgIpc) is 3.03. The summed E-state index contributed by atoms with van der Waals surface area (Å²) in [5.41, 5.74) is 3.30. The molecule has 4 heteroatoms. The molecule has 112 valence electrons. The summed E-state index contributed by atoms with van der Waals surface area (Å²) < 4.78 is 0. The number of nitrogens with one attached hydrogen (secondary N) is 2. The smallest absolute Gasteiger partial charge is 0.224 e. The molecule has 21 heavy (non-hydrogen) atoms. The second kappa shape index (κ2) is 5.90. The van der Waals surface area contributed by atoms with Crippen molar-refractivity contribution in [1.82, 2.24) is 10.3 Å². The van der Waals surface area contributed by atoms with Gasteiger partial charge in [-0.05, 0) is 37.0 Å². The first-order valence-corrected chi connectivity index (χ1v) is 7.65. The van der Waals surface area contributed by atoms with Crippen LogP contribution in [-0.4, -0.2) is 28.6 Å². The van der Waals surface area contributed by atoms with Gasteiger partial charge in [0.05, 0.1) is 12.5 Å². The predicted octanol–water partition coefficient (Wildman–Crippen LogP) is 2.30. The molecule has 0 saturated heterocycles. The number of benzene rings is 1. The highest BCUT2D eigenvalue weighted by atomic mass is 16.3. The highest BCUT2D eigenvalue weighted by Gasteiger charge is 2.25. The number of aliphatic hydroxyl groups is 1. The molecule has 0 aliphatic heterocycles. The van der Waals surface area contributed by atoms with Crippen LogP contribution in [0.4, 0.5) is 0 Å². The minimum atomic E-state index is -0.249. The highest BCUT2D eigenvalue weighted by molar-refractivity contribution is 5.89. The molecule has 1 aromatic heterocycles. The molecule has 1 amide bonds. The monoisotopic (exact) mass is 286 g/mol. The largest absolute Gasteiger partial charge is 0.393 e. The lowest BCUT2D eigenvalue weighted by Crippen LogP contribution is -2.33. The molecular formula is C17H22N2O2. The van der Waals surface area contributed by atoms with Crippen molar-refractivity contribution in [2.45, 2.75) is 38.7 Å². The summed E-state index contributed by atoms with van der Waals surface area (Å²) in [6.07, 6.45) is 4.97. The molecule has 1 heterocycles. The lowest BCUT2D eigenvalue weighted by atomic mass is 10.1. The number of carbonyl (C=O) groups excluding carboxylic acids is 1. The molecule has 2 atom stereocenters. The normalized spacial score (nSPS) is 21.8. The number of aromatic nitrogens is 1. The Bertz CT molecular complexity index is 647. The van der Waals surface area contributed by atoms with Gasteiger partial charge in [-0.1, -0.05) is 18.6 Å². The quantitative estimate of drug-likeness (QED) is 0.807. The molecule has 1 saturated carbocycles. The van der Waals surface area contributed by atoms with Gasteiger partial charge >= 0.3 is 0 Å². The van der Waals surface area contributed by atoms with E-state index in [9.17, 15) is 9.90 Å². The molecule has 3 N–H and O–H groups in total. The summed E-state index contributed by atoms with van der Waals surface area (Å²) in [5.74, 6) is 0.246. The summed E-state index contributed by atoms with van der Waals surface area (Å²) in [6.45, 7) is 2.64. The zero-order chi connectivity index (χ0) is 14.8. The Morgan fingerprint density at radius 3 is 3.05 bits per heavy atom. The van der Waals surface area contributed by atoms with E-state index in [0.717, 1.165) is 35.7 Å². The minimum Gasteiger partial charge on any atom is -0.393 e. The number of amides is 1. The first-order chi connectivity index (χ1) is 10.1. The van der Waals surface area contributed by atoms with Crippen molar-refractivity contribution >= 4 is 16.8 Å². The lowest BCUT2D eigenvalue weighted by molar-refractivity contribution is -0.120. The molecule has 1 aliphatic rings. The molecule has 0 unspecified atom stereocenters. The Morgan fingerprint density at radius 1 is 1.43 bits per heavy atom. The molecule has 0 spiro atoms. The Kier molecular flexibility index (Phi) is 3.97. The van der Waals surface area contributed by atoms with Crippen molar-refractivity contribution in [2.75, 3.05) is 6.54 Å². The number of hydrogen-bond donors (Lipinski definition) is 3. The van der Waals surface area contributed by atoms with Crippen LogP contribution < -0.4 is 5.32 Å². The van der Waals surface area contributed by atoms with Crippen molar-refractivity contribution in [3.63, 3.8) is 0 Å². The van der Waals surface area contributed by atoms with Gasteiger partial charge in [-0.15, -0.1) is 0 Å². The fourth-order valence-electron chi connectivity index (χ4n) is 3.18. The molecule has 4 nitrogen and oxygen atoms in total. The summed E-state index contributed by atoms with van der Waals surface area (Å²) in [5, 5.41) is 13.8. The van der Waals surface area contributed by atoms with E-state index in [0.29, 0.717) is 13.0 Å². The fraction of sp³-hybridized carbons (Fsp3) is 0.471. The van der Waals surface area contributed by atoms with Crippen LogP contribution in [-0.2, 0) is 11.2 Å². The van der Waals surface area contributed by atoms with Gasteiger partial charge in [0.15, 0.2) is 0 Å². The maximum atomic E-state index is 12.1.